The van der Waals surface area contributed by atoms with Crippen LogP contribution < -0.4 is 5.32 Å². The molecule has 6 nitrogen and oxygen atoms in total. The van der Waals surface area contributed by atoms with Crippen molar-refractivity contribution >= 4 is 6.09 Å². The summed E-state index contributed by atoms with van der Waals surface area (Å²) in [6.07, 6.45) is -0.421. The van der Waals surface area contributed by atoms with Gasteiger partial charge in [-0.25, -0.2) is 9.78 Å². The number of alkyl carbamates (subject to hydrolysis) is 1. The molecule has 1 atom stereocenters. The molecule has 0 radical (unpaired) electrons. The van der Waals surface area contributed by atoms with E-state index in [1.165, 1.54) is 0 Å². The number of amides is 1. The highest BCUT2D eigenvalue weighted by atomic mass is 16.6. The molecule has 0 fully saturated rings. The Morgan fingerprint density at radius 2 is 2.33 bits per heavy atom. The summed E-state index contributed by atoms with van der Waals surface area (Å²) in [5, 5.41) is 2.66. The lowest BCUT2D eigenvalue weighted by Crippen LogP contribution is -2.32. The molecule has 0 aromatic carbocycles. The van der Waals surface area contributed by atoms with Gasteiger partial charge in [0.15, 0.2) is 0 Å². The third kappa shape index (κ3) is 3.01. The molecule has 0 saturated carbocycles. The van der Waals surface area contributed by atoms with Gasteiger partial charge in [0.2, 0.25) is 0 Å². The fraction of sp³-hybridized carbons (Fsp3) is 0.667. The van der Waals surface area contributed by atoms with Crippen LogP contribution in [0.2, 0.25) is 0 Å². The van der Waals surface area contributed by atoms with Crippen molar-refractivity contribution in [3.63, 3.8) is 0 Å². The van der Waals surface area contributed by atoms with Crippen LogP contribution in [0.3, 0.4) is 0 Å². The van der Waals surface area contributed by atoms with E-state index in [2.05, 4.69) is 15.3 Å². The predicted molar refractivity (Wildman–Crippen MR) is 64.9 cm³/mol. The second-order valence-corrected chi connectivity index (χ2v) is 5.36. The first-order chi connectivity index (χ1) is 8.35. The maximum absolute atomic E-state index is 11.5. The second kappa shape index (κ2) is 4.61. The van der Waals surface area contributed by atoms with Gasteiger partial charge in [-0.3, -0.25) is 0 Å². The van der Waals surface area contributed by atoms with E-state index in [0.29, 0.717) is 13.2 Å². The first kappa shape index (κ1) is 12.9. The van der Waals surface area contributed by atoms with Crippen molar-refractivity contribution in [2.45, 2.75) is 52.6 Å². The number of ether oxygens (including phenoxy) is 2. The van der Waals surface area contributed by atoms with E-state index in [4.69, 9.17) is 9.47 Å². The van der Waals surface area contributed by atoms with Gasteiger partial charge >= 0.3 is 6.09 Å². The van der Waals surface area contributed by atoms with Crippen molar-refractivity contribution in [2.75, 3.05) is 0 Å². The van der Waals surface area contributed by atoms with Crippen LogP contribution in [0, 0.1) is 0 Å². The van der Waals surface area contributed by atoms with Gasteiger partial charge < -0.3 is 19.8 Å². The third-order valence-electron chi connectivity index (χ3n) is 2.52. The number of nitrogens with one attached hydrogen (secondary N) is 2. The fourth-order valence-corrected chi connectivity index (χ4v) is 1.77. The minimum absolute atomic E-state index is 0.0199. The molecule has 1 aromatic rings. The van der Waals surface area contributed by atoms with E-state index in [9.17, 15) is 4.79 Å². The van der Waals surface area contributed by atoms with E-state index in [-0.39, 0.29) is 6.10 Å². The molecule has 6 heteroatoms. The van der Waals surface area contributed by atoms with Crippen molar-refractivity contribution in [1.82, 2.24) is 15.3 Å². The molecule has 1 amide bonds. The lowest BCUT2D eigenvalue weighted by molar-refractivity contribution is 0.0521. The normalized spacial score (nSPS) is 18.6. The quantitative estimate of drug-likeness (QED) is 0.845. The van der Waals surface area contributed by atoms with E-state index in [1.807, 2.05) is 27.7 Å². The number of aromatic nitrogens is 2. The minimum atomic E-state index is -0.489. The van der Waals surface area contributed by atoms with Gasteiger partial charge in [0, 0.05) is 0 Å². The monoisotopic (exact) mass is 253 g/mol. The number of aromatic amines is 1. The van der Waals surface area contributed by atoms with Crippen molar-refractivity contribution < 1.29 is 14.3 Å². The average Bonchev–Trinajstić information content (AvgIpc) is 2.76. The molecule has 2 rings (SSSR count). The number of hydrogen-bond acceptors (Lipinski definition) is 4. The number of rotatable bonds is 2. The molecule has 1 aliphatic rings. The third-order valence-corrected chi connectivity index (χ3v) is 2.52. The van der Waals surface area contributed by atoms with Crippen LogP contribution in [0.4, 0.5) is 4.79 Å². The summed E-state index contributed by atoms with van der Waals surface area (Å²) in [7, 11) is 0. The van der Waals surface area contributed by atoms with E-state index < -0.39 is 11.7 Å². The molecule has 18 heavy (non-hydrogen) atoms. The van der Waals surface area contributed by atoms with Crippen molar-refractivity contribution in [3.05, 3.63) is 17.2 Å². The number of hydrogen-bond donors (Lipinski definition) is 2. The van der Waals surface area contributed by atoms with Gasteiger partial charge in [0.25, 0.3) is 0 Å². The molecule has 1 aliphatic heterocycles. The number of carbonyl (C=O) groups excluding carboxylic acids is 1. The number of nitrogens with zero attached hydrogens (tertiary/aromatic N) is 1. The largest absolute Gasteiger partial charge is 0.444 e. The first-order valence-electron chi connectivity index (χ1n) is 6.01. The summed E-state index contributed by atoms with van der Waals surface area (Å²) >= 11 is 0. The molecule has 0 bridgehead atoms. The van der Waals surface area contributed by atoms with Crippen molar-refractivity contribution in [3.8, 4) is 0 Å². The molecular formula is C12H19N3O3. The van der Waals surface area contributed by atoms with E-state index in [0.717, 1.165) is 17.2 Å². The maximum Gasteiger partial charge on any atom is 0.408 e. The predicted octanol–water partition coefficient (Wildman–Crippen LogP) is 2.03. The van der Waals surface area contributed by atoms with E-state index >= 15 is 0 Å². The van der Waals surface area contributed by atoms with Crippen LogP contribution >= 0.6 is 0 Å². The Morgan fingerprint density at radius 3 is 2.94 bits per heavy atom. The summed E-state index contributed by atoms with van der Waals surface area (Å²) in [5.74, 6) is 0.723. The zero-order valence-electron chi connectivity index (χ0n) is 11.2. The Balaban J connectivity index is 1.88. The number of H-pyrrole nitrogens is 1. The molecule has 100 valence electrons. The van der Waals surface area contributed by atoms with Gasteiger partial charge in [-0.05, 0) is 27.7 Å². The van der Waals surface area contributed by atoms with Crippen LogP contribution in [-0.4, -0.2) is 21.7 Å². The summed E-state index contributed by atoms with van der Waals surface area (Å²) in [5.41, 5.74) is 1.43. The molecule has 0 aliphatic carbocycles. The molecule has 2 N–H and O–H groups in total. The summed E-state index contributed by atoms with van der Waals surface area (Å²) < 4.78 is 10.5. The summed E-state index contributed by atoms with van der Waals surface area (Å²) in [4.78, 5) is 19.0. The number of imidazole rings is 1. The second-order valence-electron chi connectivity index (χ2n) is 5.36. The van der Waals surface area contributed by atoms with Crippen LogP contribution in [0.15, 0.2) is 0 Å². The van der Waals surface area contributed by atoms with Gasteiger partial charge in [0.05, 0.1) is 30.6 Å². The van der Waals surface area contributed by atoms with Crippen LogP contribution in [-0.2, 0) is 22.6 Å². The lowest BCUT2D eigenvalue weighted by Gasteiger charge is -2.19. The van der Waals surface area contributed by atoms with Crippen LogP contribution in [0.25, 0.3) is 0 Å². The molecule has 1 unspecified atom stereocenters. The Morgan fingerprint density at radius 1 is 1.61 bits per heavy atom. The number of carbonyl (C=O) groups is 1. The van der Waals surface area contributed by atoms with Gasteiger partial charge in [0.1, 0.15) is 11.4 Å². The molecular weight excluding hydrogens is 234 g/mol. The Labute approximate surface area is 106 Å². The smallest absolute Gasteiger partial charge is 0.408 e. The lowest BCUT2D eigenvalue weighted by atomic mass is 10.2. The molecule has 0 spiro atoms. The SMILES string of the molecule is CC1OCc2[nH]c(CNC(=O)OC(C)(C)C)nc21. The van der Waals surface area contributed by atoms with Crippen LogP contribution in [0.5, 0.6) is 0 Å². The average molecular weight is 253 g/mol. The Hall–Kier alpha value is -1.56. The molecule has 1 aromatic heterocycles. The Kier molecular flexibility index (Phi) is 3.30. The number of fused-ring (bicyclic) bond motifs is 1. The topological polar surface area (TPSA) is 76.2 Å². The zero-order chi connectivity index (χ0) is 13.3. The van der Waals surface area contributed by atoms with Crippen LogP contribution in [0.1, 0.15) is 51.0 Å². The zero-order valence-corrected chi connectivity index (χ0v) is 11.2. The van der Waals surface area contributed by atoms with Crippen molar-refractivity contribution in [2.24, 2.45) is 0 Å². The highest BCUT2D eigenvalue weighted by Crippen LogP contribution is 2.27. The molecule has 0 saturated heterocycles. The molecule has 2 heterocycles. The van der Waals surface area contributed by atoms with Gasteiger partial charge in [-0.15, -0.1) is 0 Å². The minimum Gasteiger partial charge on any atom is -0.444 e. The van der Waals surface area contributed by atoms with Gasteiger partial charge in [-0.2, -0.15) is 0 Å². The van der Waals surface area contributed by atoms with Gasteiger partial charge in [-0.1, -0.05) is 0 Å². The van der Waals surface area contributed by atoms with Crippen molar-refractivity contribution in [1.29, 1.82) is 0 Å². The highest BCUT2D eigenvalue weighted by molar-refractivity contribution is 5.67. The standard InChI is InChI=1S/C12H19N3O3/c1-7-10-8(6-17-7)14-9(15-10)5-13-11(16)18-12(2,3)4/h7H,5-6H2,1-4H3,(H,13,16)(H,14,15). The fourth-order valence-electron chi connectivity index (χ4n) is 1.77. The maximum atomic E-state index is 11.5. The summed E-state index contributed by atoms with van der Waals surface area (Å²) in [6, 6.07) is 0. The van der Waals surface area contributed by atoms with E-state index in [1.54, 1.807) is 0 Å². The highest BCUT2D eigenvalue weighted by Gasteiger charge is 2.24. The summed E-state index contributed by atoms with van der Waals surface area (Å²) in [6.45, 7) is 8.31. The first-order valence-corrected chi connectivity index (χ1v) is 6.01. The Bertz CT molecular complexity index is 448.